The highest BCUT2D eigenvalue weighted by atomic mass is 32.1. The van der Waals surface area contributed by atoms with E-state index in [0.717, 1.165) is 21.8 Å². The Morgan fingerprint density at radius 1 is 1.35 bits per heavy atom. The van der Waals surface area contributed by atoms with Crippen LogP contribution in [0.2, 0.25) is 0 Å². The third-order valence-corrected chi connectivity index (χ3v) is 4.89. The van der Waals surface area contributed by atoms with Crippen LogP contribution in [0, 0.1) is 6.92 Å². The number of hydrogen-bond donors (Lipinski definition) is 2. The fourth-order valence-corrected chi connectivity index (χ4v) is 3.15. The minimum atomic E-state index is -0.694. The number of thiazole rings is 1. The van der Waals surface area contributed by atoms with Gasteiger partial charge in [-0.25, -0.2) is 4.98 Å². The van der Waals surface area contributed by atoms with Gasteiger partial charge in [-0.05, 0) is 18.1 Å². The summed E-state index contributed by atoms with van der Waals surface area (Å²) in [6.07, 6.45) is -0.451. The van der Waals surface area contributed by atoms with Crippen LogP contribution < -0.4 is 5.32 Å². The molecular weight excluding hydrogens is 308 g/mol. The molecule has 1 unspecified atom stereocenters. The molecule has 2 aromatic rings. The molecule has 1 heterocycles. The maximum absolute atomic E-state index is 12.0. The Labute approximate surface area is 141 Å². The maximum Gasteiger partial charge on any atom is 0.226 e. The number of nitrogens with one attached hydrogen (secondary N) is 1. The molecule has 1 aromatic carbocycles. The first-order chi connectivity index (χ1) is 10.8. The van der Waals surface area contributed by atoms with Gasteiger partial charge in [0.15, 0.2) is 0 Å². The van der Waals surface area contributed by atoms with Gasteiger partial charge in [0.25, 0.3) is 0 Å². The average molecular weight is 332 g/mol. The van der Waals surface area contributed by atoms with Crippen LogP contribution in [0.4, 0.5) is 0 Å². The number of aliphatic hydroxyl groups is 1. The van der Waals surface area contributed by atoms with Crippen molar-refractivity contribution >= 4 is 17.2 Å². The van der Waals surface area contributed by atoms with Gasteiger partial charge in [-0.15, -0.1) is 11.3 Å². The second-order valence-electron chi connectivity index (χ2n) is 6.75. The molecule has 0 aliphatic heterocycles. The summed E-state index contributed by atoms with van der Waals surface area (Å²) >= 11 is 1.58. The van der Waals surface area contributed by atoms with Gasteiger partial charge in [-0.2, -0.15) is 0 Å². The number of hydrogen-bond acceptors (Lipinski definition) is 4. The number of carbonyl (C=O) groups is 1. The summed E-state index contributed by atoms with van der Waals surface area (Å²) in [6.45, 7) is 8.47. The van der Waals surface area contributed by atoms with Gasteiger partial charge in [-0.1, -0.05) is 45.0 Å². The van der Waals surface area contributed by atoms with Crippen LogP contribution in [0.25, 0.3) is 0 Å². The Balaban J connectivity index is 1.88. The SMILES string of the molecule is Cc1ccccc1C(O)CNC(=O)Cc1csc(C(C)(C)C)n1. The van der Waals surface area contributed by atoms with E-state index in [0.29, 0.717) is 0 Å². The molecule has 0 radical (unpaired) electrons. The van der Waals surface area contributed by atoms with Crippen molar-refractivity contribution in [2.24, 2.45) is 0 Å². The van der Waals surface area contributed by atoms with Crippen LogP contribution in [0.5, 0.6) is 0 Å². The molecule has 0 spiro atoms. The first kappa shape index (κ1) is 17.6. The number of amides is 1. The summed E-state index contributed by atoms with van der Waals surface area (Å²) in [5, 5.41) is 15.9. The van der Waals surface area contributed by atoms with E-state index in [1.165, 1.54) is 0 Å². The van der Waals surface area contributed by atoms with Crippen molar-refractivity contribution in [3.05, 3.63) is 51.5 Å². The Hall–Kier alpha value is -1.72. The Morgan fingerprint density at radius 2 is 2.04 bits per heavy atom. The molecule has 0 bridgehead atoms. The molecule has 23 heavy (non-hydrogen) atoms. The molecule has 1 aromatic heterocycles. The van der Waals surface area contributed by atoms with Gasteiger partial charge in [0.1, 0.15) is 0 Å². The molecule has 4 nitrogen and oxygen atoms in total. The van der Waals surface area contributed by atoms with Gasteiger partial charge < -0.3 is 10.4 Å². The molecule has 0 fully saturated rings. The summed E-state index contributed by atoms with van der Waals surface area (Å²) in [7, 11) is 0. The fraction of sp³-hybridized carbons (Fsp3) is 0.444. The van der Waals surface area contributed by atoms with E-state index in [-0.39, 0.29) is 24.3 Å². The molecule has 1 atom stereocenters. The van der Waals surface area contributed by atoms with Gasteiger partial charge in [0.05, 0.1) is 23.2 Å². The quantitative estimate of drug-likeness (QED) is 0.884. The smallest absolute Gasteiger partial charge is 0.226 e. The largest absolute Gasteiger partial charge is 0.387 e. The second-order valence-corrected chi connectivity index (χ2v) is 7.61. The molecule has 0 aliphatic rings. The summed E-state index contributed by atoms with van der Waals surface area (Å²) in [6, 6.07) is 7.64. The molecule has 0 saturated heterocycles. The monoisotopic (exact) mass is 332 g/mol. The molecule has 5 heteroatoms. The van der Waals surface area contributed by atoms with Gasteiger partial charge in [-0.3, -0.25) is 4.79 Å². The lowest BCUT2D eigenvalue weighted by molar-refractivity contribution is -0.120. The van der Waals surface area contributed by atoms with Crippen LogP contribution in [-0.2, 0) is 16.6 Å². The summed E-state index contributed by atoms with van der Waals surface area (Å²) < 4.78 is 0. The summed E-state index contributed by atoms with van der Waals surface area (Å²) in [5.41, 5.74) is 2.64. The standard InChI is InChI=1S/C18H24N2O2S/c1-12-7-5-6-8-14(12)15(21)10-19-16(22)9-13-11-23-17(20-13)18(2,3)4/h5-8,11,15,21H,9-10H2,1-4H3,(H,19,22). The average Bonchev–Trinajstić information content (AvgIpc) is 2.94. The first-order valence-corrected chi connectivity index (χ1v) is 8.60. The Bertz CT molecular complexity index is 674. The van der Waals surface area contributed by atoms with E-state index in [4.69, 9.17) is 0 Å². The van der Waals surface area contributed by atoms with Crippen molar-refractivity contribution in [1.29, 1.82) is 0 Å². The van der Waals surface area contributed by atoms with Crippen molar-refractivity contribution in [3.63, 3.8) is 0 Å². The zero-order chi connectivity index (χ0) is 17.0. The number of carbonyl (C=O) groups excluding carboxylic acids is 1. The van der Waals surface area contributed by atoms with E-state index in [1.54, 1.807) is 11.3 Å². The van der Waals surface area contributed by atoms with Crippen LogP contribution in [0.1, 0.15) is 48.7 Å². The van der Waals surface area contributed by atoms with Crippen molar-refractivity contribution < 1.29 is 9.90 Å². The zero-order valence-corrected chi connectivity index (χ0v) is 14.9. The minimum absolute atomic E-state index is 0.000420. The van der Waals surface area contributed by atoms with Crippen molar-refractivity contribution in [2.75, 3.05) is 6.54 Å². The van der Waals surface area contributed by atoms with Crippen molar-refractivity contribution in [1.82, 2.24) is 10.3 Å². The second kappa shape index (κ2) is 7.23. The van der Waals surface area contributed by atoms with Crippen LogP contribution >= 0.6 is 11.3 Å². The normalized spacial score (nSPS) is 12.9. The zero-order valence-electron chi connectivity index (χ0n) is 14.1. The number of aromatic nitrogens is 1. The van der Waals surface area contributed by atoms with E-state index in [1.807, 2.05) is 36.6 Å². The van der Waals surface area contributed by atoms with Crippen molar-refractivity contribution in [2.45, 2.75) is 45.6 Å². The molecule has 0 aliphatic carbocycles. The lowest BCUT2D eigenvalue weighted by atomic mass is 9.98. The maximum atomic E-state index is 12.0. The van der Waals surface area contributed by atoms with Crippen molar-refractivity contribution in [3.8, 4) is 0 Å². The Kier molecular flexibility index (Phi) is 5.55. The third kappa shape index (κ3) is 4.88. The number of aliphatic hydroxyl groups excluding tert-OH is 1. The molecule has 2 rings (SSSR count). The molecule has 0 saturated carbocycles. The van der Waals surface area contributed by atoms with E-state index >= 15 is 0 Å². The highest BCUT2D eigenvalue weighted by molar-refractivity contribution is 7.09. The topological polar surface area (TPSA) is 62.2 Å². The van der Waals surface area contributed by atoms with E-state index < -0.39 is 6.10 Å². The number of benzene rings is 1. The third-order valence-electron chi connectivity index (χ3n) is 3.58. The summed E-state index contributed by atoms with van der Waals surface area (Å²) in [5.74, 6) is -0.122. The Morgan fingerprint density at radius 3 is 2.65 bits per heavy atom. The van der Waals surface area contributed by atoms with Gasteiger partial charge in [0.2, 0.25) is 5.91 Å². The summed E-state index contributed by atoms with van der Waals surface area (Å²) in [4.78, 5) is 16.6. The van der Waals surface area contributed by atoms with E-state index in [9.17, 15) is 9.90 Å². The predicted molar refractivity (Wildman–Crippen MR) is 93.7 cm³/mol. The number of aryl methyl sites for hydroxylation is 1. The number of rotatable bonds is 5. The van der Waals surface area contributed by atoms with Gasteiger partial charge >= 0.3 is 0 Å². The highest BCUT2D eigenvalue weighted by Crippen LogP contribution is 2.25. The van der Waals surface area contributed by atoms with Crippen LogP contribution in [0.3, 0.4) is 0 Å². The lowest BCUT2D eigenvalue weighted by Gasteiger charge is -2.14. The van der Waals surface area contributed by atoms with Gasteiger partial charge in [0, 0.05) is 17.3 Å². The molecule has 124 valence electrons. The van der Waals surface area contributed by atoms with Crippen LogP contribution in [-0.4, -0.2) is 22.5 Å². The van der Waals surface area contributed by atoms with Crippen LogP contribution in [0.15, 0.2) is 29.6 Å². The minimum Gasteiger partial charge on any atom is -0.387 e. The fourth-order valence-electron chi connectivity index (χ4n) is 2.24. The lowest BCUT2D eigenvalue weighted by Crippen LogP contribution is -2.30. The highest BCUT2D eigenvalue weighted by Gasteiger charge is 2.19. The first-order valence-electron chi connectivity index (χ1n) is 7.72. The van der Waals surface area contributed by atoms with E-state index in [2.05, 4.69) is 31.1 Å². The number of nitrogens with zero attached hydrogens (tertiary/aromatic N) is 1. The molecular formula is C18H24N2O2S. The predicted octanol–water partition coefficient (Wildman–Crippen LogP) is 3.14. The molecule has 1 amide bonds. The molecule has 2 N–H and O–H groups in total.